The van der Waals surface area contributed by atoms with E-state index in [1.54, 1.807) is 6.08 Å². The van der Waals surface area contributed by atoms with Crippen LogP contribution in [-0.4, -0.2) is 18.4 Å². The molecule has 25 heavy (non-hydrogen) atoms. The van der Waals surface area contributed by atoms with Crippen molar-refractivity contribution in [2.45, 2.75) is 13.3 Å². The number of carbonyl (C=O) groups is 2. The number of carbonyl (C=O) groups excluding carboxylic acids is 2. The van der Waals surface area contributed by atoms with E-state index in [0.717, 1.165) is 17.2 Å². The first-order valence-electron chi connectivity index (χ1n) is 7.83. The van der Waals surface area contributed by atoms with Crippen molar-refractivity contribution < 1.29 is 14.0 Å². The van der Waals surface area contributed by atoms with Gasteiger partial charge in [-0.25, -0.2) is 4.39 Å². The molecule has 6 heteroatoms. The van der Waals surface area contributed by atoms with Gasteiger partial charge in [0.25, 0.3) is 0 Å². The number of halogens is 1. The van der Waals surface area contributed by atoms with Crippen molar-refractivity contribution in [2.75, 3.05) is 17.2 Å². The molecule has 2 amide bonds. The molecular formula is C19H20FN3O2. The summed E-state index contributed by atoms with van der Waals surface area (Å²) in [7, 11) is 0. The molecule has 0 atom stereocenters. The summed E-state index contributed by atoms with van der Waals surface area (Å²) in [6.07, 6.45) is 3.15. The molecule has 2 aromatic carbocycles. The predicted octanol–water partition coefficient (Wildman–Crippen LogP) is 3.07. The summed E-state index contributed by atoms with van der Waals surface area (Å²) in [5.41, 5.74) is 7.84. The van der Waals surface area contributed by atoms with Crippen LogP contribution < -0.4 is 16.4 Å². The monoisotopic (exact) mass is 341 g/mol. The summed E-state index contributed by atoms with van der Waals surface area (Å²) in [4.78, 5) is 23.7. The van der Waals surface area contributed by atoms with Crippen LogP contribution in [0.15, 0.2) is 48.5 Å². The third-order valence-corrected chi connectivity index (χ3v) is 3.39. The van der Waals surface area contributed by atoms with E-state index >= 15 is 0 Å². The van der Waals surface area contributed by atoms with Crippen LogP contribution in [0.5, 0.6) is 0 Å². The van der Waals surface area contributed by atoms with Crippen LogP contribution in [-0.2, 0) is 9.59 Å². The van der Waals surface area contributed by atoms with E-state index in [2.05, 4.69) is 10.6 Å². The Kier molecular flexibility index (Phi) is 6.42. The van der Waals surface area contributed by atoms with E-state index < -0.39 is 5.82 Å². The number of nitrogens with one attached hydrogen (secondary N) is 2. The fraction of sp³-hybridized carbons (Fsp3) is 0.158. The van der Waals surface area contributed by atoms with E-state index in [9.17, 15) is 14.0 Å². The molecule has 0 radical (unpaired) electrons. The number of anilines is 2. The number of nitrogens with two attached hydrogens (primary N) is 1. The van der Waals surface area contributed by atoms with Gasteiger partial charge in [-0.3, -0.25) is 9.59 Å². The zero-order valence-corrected chi connectivity index (χ0v) is 13.9. The Labute approximate surface area is 145 Å². The standard InChI is InChI=1S/C19H20FN3O2/c1-13-2-4-14(5-3-13)6-9-18(24)22-16-8-7-15(20)12-17(16)23-19(25)10-11-21/h2-9,12H,10-11,21H2,1H3,(H,22,24)(H,23,25)/b9-6+. The van der Waals surface area contributed by atoms with Crippen LogP contribution >= 0.6 is 0 Å². The number of hydrogen-bond acceptors (Lipinski definition) is 3. The molecule has 0 heterocycles. The lowest BCUT2D eigenvalue weighted by Crippen LogP contribution is -2.18. The average molecular weight is 341 g/mol. The highest BCUT2D eigenvalue weighted by Crippen LogP contribution is 2.23. The Morgan fingerprint density at radius 2 is 1.80 bits per heavy atom. The van der Waals surface area contributed by atoms with E-state index in [4.69, 9.17) is 5.73 Å². The lowest BCUT2D eigenvalue weighted by atomic mass is 10.1. The number of benzene rings is 2. The van der Waals surface area contributed by atoms with Crippen molar-refractivity contribution in [3.8, 4) is 0 Å². The second-order valence-electron chi connectivity index (χ2n) is 5.51. The molecule has 5 nitrogen and oxygen atoms in total. The number of aryl methyl sites for hydroxylation is 1. The first kappa shape index (κ1) is 18.4. The first-order valence-corrected chi connectivity index (χ1v) is 7.83. The summed E-state index contributed by atoms with van der Waals surface area (Å²) < 4.78 is 13.4. The van der Waals surface area contributed by atoms with Gasteiger partial charge in [0.15, 0.2) is 0 Å². The van der Waals surface area contributed by atoms with Crippen molar-refractivity contribution in [3.63, 3.8) is 0 Å². The molecule has 0 aromatic heterocycles. The molecule has 0 aliphatic carbocycles. The molecule has 2 aromatic rings. The predicted molar refractivity (Wildman–Crippen MR) is 97.5 cm³/mol. The quantitative estimate of drug-likeness (QED) is 0.706. The Balaban J connectivity index is 2.09. The van der Waals surface area contributed by atoms with Gasteiger partial charge in [0.2, 0.25) is 11.8 Å². The first-order chi connectivity index (χ1) is 12.0. The fourth-order valence-corrected chi connectivity index (χ4v) is 2.10. The molecule has 4 N–H and O–H groups in total. The van der Waals surface area contributed by atoms with Crippen LogP contribution in [0.1, 0.15) is 17.5 Å². The third-order valence-electron chi connectivity index (χ3n) is 3.39. The number of rotatable bonds is 6. The molecule has 0 bridgehead atoms. The summed E-state index contributed by atoms with van der Waals surface area (Å²) in [6, 6.07) is 11.4. The van der Waals surface area contributed by atoms with Crippen LogP contribution in [0.3, 0.4) is 0 Å². The molecule has 0 spiro atoms. The zero-order valence-electron chi connectivity index (χ0n) is 13.9. The van der Waals surface area contributed by atoms with Gasteiger partial charge < -0.3 is 16.4 Å². The average Bonchev–Trinajstić information content (AvgIpc) is 2.57. The Bertz CT molecular complexity index is 786. The van der Waals surface area contributed by atoms with E-state index in [-0.39, 0.29) is 30.5 Å². The van der Waals surface area contributed by atoms with Gasteiger partial charge in [0.05, 0.1) is 11.4 Å². The summed E-state index contributed by atoms with van der Waals surface area (Å²) in [6.45, 7) is 2.16. The Morgan fingerprint density at radius 1 is 1.08 bits per heavy atom. The smallest absolute Gasteiger partial charge is 0.248 e. The largest absolute Gasteiger partial charge is 0.330 e. The van der Waals surface area contributed by atoms with Gasteiger partial charge in [-0.15, -0.1) is 0 Å². The molecule has 0 aliphatic heterocycles. The highest BCUT2D eigenvalue weighted by Gasteiger charge is 2.09. The topological polar surface area (TPSA) is 84.2 Å². The zero-order chi connectivity index (χ0) is 18.2. The van der Waals surface area contributed by atoms with Crippen molar-refractivity contribution >= 4 is 29.3 Å². The Morgan fingerprint density at radius 3 is 2.48 bits per heavy atom. The molecule has 0 fully saturated rings. The molecule has 0 saturated heterocycles. The van der Waals surface area contributed by atoms with Crippen molar-refractivity contribution in [1.82, 2.24) is 0 Å². The van der Waals surface area contributed by atoms with E-state index in [0.29, 0.717) is 5.69 Å². The third kappa shape index (κ3) is 5.86. The van der Waals surface area contributed by atoms with Crippen molar-refractivity contribution in [2.24, 2.45) is 5.73 Å². The molecule has 2 rings (SSSR count). The fourth-order valence-electron chi connectivity index (χ4n) is 2.10. The molecule has 0 aliphatic rings. The SMILES string of the molecule is Cc1ccc(/C=C/C(=O)Nc2ccc(F)cc2NC(=O)CCN)cc1. The minimum atomic E-state index is -0.517. The lowest BCUT2D eigenvalue weighted by molar-refractivity contribution is -0.116. The van der Waals surface area contributed by atoms with E-state index in [1.807, 2.05) is 31.2 Å². The second kappa shape index (κ2) is 8.75. The maximum Gasteiger partial charge on any atom is 0.248 e. The maximum atomic E-state index is 13.4. The van der Waals surface area contributed by atoms with Gasteiger partial charge in [-0.1, -0.05) is 29.8 Å². The number of hydrogen-bond donors (Lipinski definition) is 3. The van der Waals surface area contributed by atoms with Crippen LogP contribution in [0.4, 0.5) is 15.8 Å². The second-order valence-corrected chi connectivity index (χ2v) is 5.51. The van der Waals surface area contributed by atoms with E-state index in [1.165, 1.54) is 18.2 Å². The van der Waals surface area contributed by atoms with Gasteiger partial charge in [-0.2, -0.15) is 0 Å². The minimum Gasteiger partial charge on any atom is -0.330 e. The number of amides is 2. The lowest BCUT2D eigenvalue weighted by Gasteiger charge is -2.11. The van der Waals surface area contributed by atoms with Crippen molar-refractivity contribution in [3.05, 3.63) is 65.5 Å². The molecule has 0 unspecified atom stereocenters. The minimum absolute atomic E-state index is 0.108. The highest BCUT2D eigenvalue weighted by molar-refractivity contribution is 6.05. The highest BCUT2D eigenvalue weighted by atomic mass is 19.1. The van der Waals surface area contributed by atoms with Gasteiger partial charge >= 0.3 is 0 Å². The normalized spacial score (nSPS) is 10.7. The van der Waals surface area contributed by atoms with Crippen molar-refractivity contribution in [1.29, 1.82) is 0 Å². The van der Waals surface area contributed by atoms with Crippen LogP contribution in [0.25, 0.3) is 6.08 Å². The molecule has 130 valence electrons. The summed E-state index contributed by atoms with van der Waals surface area (Å²) in [5, 5.41) is 5.17. The van der Waals surface area contributed by atoms with Gasteiger partial charge in [0, 0.05) is 19.0 Å². The van der Waals surface area contributed by atoms with Gasteiger partial charge in [0.1, 0.15) is 5.82 Å². The molecular weight excluding hydrogens is 321 g/mol. The summed E-state index contributed by atoms with van der Waals surface area (Å²) >= 11 is 0. The van der Waals surface area contributed by atoms with Gasteiger partial charge in [-0.05, 0) is 36.8 Å². The van der Waals surface area contributed by atoms with Crippen LogP contribution in [0.2, 0.25) is 0 Å². The molecule has 0 saturated carbocycles. The maximum absolute atomic E-state index is 13.4. The van der Waals surface area contributed by atoms with Crippen LogP contribution in [0, 0.1) is 12.7 Å². The Hall–Kier alpha value is -2.99. The summed E-state index contributed by atoms with van der Waals surface area (Å²) in [5.74, 6) is -1.25.